The van der Waals surface area contributed by atoms with Crippen molar-refractivity contribution in [1.82, 2.24) is 0 Å². The lowest BCUT2D eigenvalue weighted by atomic mass is 9.87. The molecule has 1 aromatic rings. The van der Waals surface area contributed by atoms with Crippen molar-refractivity contribution in [2.24, 2.45) is 5.41 Å². The first kappa shape index (κ1) is 12.6. The summed E-state index contributed by atoms with van der Waals surface area (Å²) in [5.74, 6) is -2.61. The zero-order valence-corrected chi connectivity index (χ0v) is 10.3. The number of benzene rings is 1. The van der Waals surface area contributed by atoms with Crippen LogP contribution in [0, 0.1) is 22.9 Å². The summed E-state index contributed by atoms with van der Waals surface area (Å²) in [6.07, 6.45) is 0. The zero-order chi connectivity index (χ0) is 11.8. The molecule has 0 saturated heterocycles. The third-order valence-corrected chi connectivity index (χ3v) is 3.89. The Labute approximate surface area is 95.6 Å². The van der Waals surface area contributed by atoms with Crippen molar-refractivity contribution in [3.05, 3.63) is 35.1 Å². The highest BCUT2D eigenvalue weighted by Crippen LogP contribution is 2.42. The van der Waals surface area contributed by atoms with Crippen molar-refractivity contribution < 1.29 is 13.2 Å². The Bertz CT molecular complexity index is 346. The molecule has 1 unspecified atom stereocenters. The molecular formula is C11H12BrF3. The van der Waals surface area contributed by atoms with E-state index < -0.39 is 22.3 Å². The molecule has 1 rings (SSSR count). The Morgan fingerprint density at radius 3 is 1.80 bits per heavy atom. The van der Waals surface area contributed by atoms with E-state index in [1.54, 1.807) is 0 Å². The van der Waals surface area contributed by atoms with E-state index in [9.17, 15) is 13.2 Å². The van der Waals surface area contributed by atoms with Gasteiger partial charge in [0.15, 0.2) is 0 Å². The maximum absolute atomic E-state index is 13.4. The summed E-state index contributed by atoms with van der Waals surface area (Å²) in [5, 5.41) is 0. The molecule has 0 N–H and O–H groups in total. The van der Waals surface area contributed by atoms with Crippen LogP contribution >= 0.6 is 15.9 Å². The first-order valence-corrected chi connectivity index (χ1v) is 5.43. The molecule has 0 bridgehead atoms. The van der Waals surface area contributed by atoms with Gasteiger partial charge in [0, 0.05) is 17.7 Å². The van der Waals surface area contributed by atoms with Gasteiger partial charge < -0.3 is 0 Å². The number of hydrogen-bond donors (Lipinski definition) is 0. The smallest absolute Gasteiger partial charge is 0.133 e. The third-order valence-electron chi connectivity index (χ3n) is 2.06. The fourth-order valence-electron chi connectivity index (χ4n) is 1.23. The molecule has 0 aliphatic carbocycles. The van der Waals surface area contributed by atoms with Gasteiger partial charge in [0.25, 0.3) is 0 Å². The monoisotopic (exact) mass is 280 g/mol. The molecule has 0 saturated carbocycles. The highest BCUT2D eigenvalue weighted by molar-refractivity contribution is 9.09. The van der Waals surface area contributed by atoms with Crippen LogP contribution in [-0.2, 0) is 0 Å². The predicted octanol–water partition coefficient (Wildman–Crippen LogP) is 4.59. The van der Waals surface area contributed by atoms with Gasteiger partial charge in [-0.25, -0.2) is 13.2 Å². The highest BCUT2D eigenvalue weighted by Gasteiger charge is 2.29. The highest BCUT2D eigenvalue weighted by atomic mass is 79.9. The number of hydrogen-bond acceptors (Lipinski definition) is 0. The van der Waals surface area contributed by atoms with Crippen molar-refractivity contribution in [3.63, 3.8) is 0 Å². The average molecular weight is 281 g/mol. The van der Waals surface area contributed by atoms with Crippen LogP contribution in [-0.4, -0.2) is 0 Å². The quantitative estimate of drug-likeness (QED) is 0.661. The van der Waals surface area contributed by atoms with Gasteiger partial charge in [-0.05, 0) is 5.41 Å². The lowest BCUT2D eigenvalue weighted by Gasteiger charge is -2.26. The molecule has 0 aliphatic rings. The van der Waals surface area contributed by atoms with E-state index in [0.29, 0.717) is 12.1 Å². The molecule has 0 radical (unpaired) electrons. The molecule has 84 valence electrons. The van der Waals surface area contributed by atoms with Gasteiger partial charge in [0.1, 0.15) is 17.5 Å². The molecular weight excluding hydrogens is 269 g/mol. The SMILES string of the molecule is CC(C)(C)C(Br)c1c(F)cc(F)cc1F. The first-order chi connectivity index (χ1) is 6.73. The van der Waals surface area contributed by atoms with E-state index in [-0.39, 0.29) is 11.0 Å². The van der Waals surface area contributed by atoms with Gasteiger partial charge in [0.05, 0.1) is 4.83 Å². The van der Waals surface area contributed by atoms with Crippen LogP contribution in [0.25, 0.3) is 0 Å². The second kappa shape index (κ2) is 4.16. The van der Waals surface area contributed by atoms with Gasteiger partial charge in [0.2, 0.25) is 0 Å². The predicted molar refractivity (Wildman–Crippen MR) is 57.4 cm³/mol. The number of halogens is 4. The van der Waals surface area contributed by atoms with Crippen LogP contribution in [0.2, 0.25) is 0 Å². The Kier molecular flexibility index (Phi) is 3.48. The van der Waals surface area contributed by atoms with Crippen molar-refractivity contribution in [2.75, 3.05) is 0 Å². The molecule has 0 aromatic heterocycles. The largest absolute Gasteiger partial charge is 0.207 e. The lowest BCUT2D eigenvalue weighted by Crippen LogP contribution is -2.16. The van der Waals surface area contributed by atoms with E-state index >= 15 is 0 Å². The van der Waals surface area contributed by atoms with Gasteiger partial charge in [-0.1, -0.05) is 36.7 Å². The van der Waals surface area contributed by atoms with Gasteiger partial charge in [-0.3, -0.25) is 0 Å². The molecule has 0 nitrogen and oxygen atoms in total. The summed E-state index contributed by atoms with van der Waals surface area (Å²) in [6, 6.07) is 1.39. The number of alkyl halides is 1. The molecule has 15 heavy (non-hydrogen) atoms. The summed E-state index contributed by atoms with van der Waals surface area (Å²) >= 11 is 3.23. The first-order valence-electron chi connectivity index (χ1n) is 4.52. The molecule has 0 spiro atoms. The van der Waals surface area contributed by atoms with Gasteiger partial charge >= 0.3 is 0 Å². The maximum atomic E-state index is 13.4. The van der Waals surface area contributed by atoms with Crippen molar-refractivity contribution in [3.8, 4) is 0 Å². The molecule has 0 heterocycles. The van der Waals surface area contributed by atoms with E-state index in [1.165, 1.54) is 0 Å². The second-order valence-corrected chi connectivity index (χ2v) is 5.43. The Balaban J connectivity index is 3.26. The molecule has 1 atom stereocenters. The topological polar surface area (TPSA) is 0 Å². The van der Waals surface area contributed by atoms with Gasteiger partial charge in [-0.15, -0.1) is 0 Å². The average Bonchev–Trinajstić information content (AvgIpc) is 1.99. The van der Waals surface area contributed by atoms with Crippen molar-refractivity contribution >= 4 is 15.9 Å². The van der Waals surface area contributed by atoms with E-state index in [0.717, 1.165) is 0 Å². The van der Waals surface area contributed by atoms with Gasteiger partial charge in [-0.2, -0.15) is 0 Å². The van der Waals surface area contributed by atoms with Crippen molar-refractivity contribution in [2.45, 2.75) is 25.6 Å². The minimum Gasteiger partial charge on any atom is -0.207 e. The third kappa shape index (κ3) is 2.74. The van der Waals surface area contributed by atoms with Crippen LogP contribution in [0.15, 0.2) is 12.1 Å². The van der Waals surface area contributed by atoms with Crippen LogP contribution < -0.4 is 0 Å². The van der Waals surface area contributed by atoms with E-state index in [1.807, 2.05) is 20.8 Å². The molecule has 0 aliphatic heterocycles. The Morgan fingerprint density at radius 1 is 1.07 bits per heavy atom. The van der Waals surface area contributed by atoms with E-state index in [4.69, 9.17) is 0 Å². The maximum Gasteiger partial charge on any atom is 0.133 e. The molecule has 0 fully saturated rings. The Morgan fingerprint density at radius 2 is 1.47 bits per heavy atom. The standard InChI is InChI=1S/C11H12BrF3/c1-11(2,3)10(12)9-7(14)4-6(13)5-8(9)15/h4-5,10H,1-3H3. The summed E-state index contributed by atoms with van der Waals surface area (Å²) in [5.41, 5.74) is -0.469. The summed E-state index contributed by atoms with van der Waals surface area (Å²) in [7, 11) is 0. The van der Waals surface area contributed by atoms with E-state index in [2.05, 4.69) is 15.9 Å². The minimum atomic E-state index is -0.901. The van der Waals surface area contributed by atoms with Crippen LogP contribution in [0.3, 0.4) is 0 Å². The fourth-order valence-corrected chi connectivity index (χ4v) is 1.67. The molecule has 4 heteroatoms. The van der Waals surface area contributed by atoms with Crippen LogP contribution in [0.1, 0.15) is 31.2 Å². The normalized spacial score (nSPS) is 14.1. The summed E-state index contributed by atoms with van der Waals surface area (Å²) in [6.45, 7) is 5.53. The summed E-state index contributed by atoms with van der Waals surface area (Å²) < 4.78 is 39.4. The van der Waals surface area contributed by atoms with Crippen LogP contribution in [0.5, 0.6) is 0 Å². The molecule has 0 amide bonds. The van der Waals surface area contributed by atoms with Crippen LogP contribution in [0.4, 0.5) is 13.2 Å². The second-order valence-electron chi connectivity index (χ2n) is 4.51. The lowest BCUT2D eigenvalue weighted by molar-refractivity contribution is 0.385. The summed E-state index contributed by atoms with van der Waals surface area (Å²) in [4.78, 5) is -0.495. The molecule has 1 aromatic carbocycles. The number of rotatable bonds is 1. The fraction of sp³-hybridized carbons (Fsp3) is 0.455. The minimum absolute atomic E-state index is 0.121. The van der Waals surface area contributed by atoms with Crippen molar-refractivity contribution in [1.29, 1.82) is 0 Å². The zero-order valence-electron chi connectivity index (χ0n) is 8.74. The Hall–Kier alpha value is -0.510.